The maximum absolute atomic E-state index is 5.94. The second kappa shape index (κ2) is 5.65. The molecule has 0 spiro atoms. The summed E-state index contributed by atoms with van der Waals surface area (Å²) >= 11 is 1.71. The molecule has 2 aliphatic rings. The predicted octanol–water partition coefficient (Wildman–Crippen LogP) is 1.66. The summed E-state index contributed by atoms with van der Waals surface area (Å²) in [5.41, 5.74) is 0. The van der Waals surface area contributed by atoms with E-state index in [4.69, 9.17) is 4.74 Å². The number of hydrogen-bond acceptors (Lipinski definition) is 5. The molecule has 1 aromatic heterocycles. The van der Waals surface area contributed by atoms with Crippen LogP contribution < -0.4 is 5.32 Å². The number of hydrogen-bond donors (Lipinski definition) is 1. The lowest BCUT2D eigenvalue weighted by Gasteiger charge is -2.35. The van der Waals surface area contributed by atoms with E-state index in [1.165, 1.54) is 19.4 Å². The summed E-state index contributed by atoms with van der Waals surface area (Å²) in [7, 11) is 0. The molecule has 0 aromatic carbocycles. The highest BCUT2D eigenvalue weighted by Crippen LogP contribution is 2.22. The Balaban J connectivity index is 1.46. The Morgan fingerprint density at radius 1 is 1.67 bits per heavy atom. The van der Waals surface area contributed by atoms with Gasteiger partial charge in [0.2, 0.25) is 0 Å². The van der Waals surface area contributed by atoms with Gasteiger partial charge < -0.3 is 10.1 Å². The van der Waals surface area contributed by atoms with Gasteiger partial charge in [-0.2, -0.15) is 0 Å². The molecule has 18 heavy (non-hydrogen) atoms. The summed E-state index contributed by atoms with van der Waals surface area (Å²) in [6, 6.07) is 1.02. The van der Waals surface area contributed by atoms with Crippen molar-refractivity contribution >= 4 is 11.3 Å². The SMILES string of the molecule is CC(NCC1CN2CCCC2CO1)c1nccs1. The van der Waals surface area contributed by atoms with Crippen LogP contribution in [0.15, 0.2) is 11.6 Å². The molecule has 0 radical (unpaired) electrons. The fourth-order valence-corrected chi connectivity index (χ4v) is 3.52. The van der Waals surface area contributed by atoms with Crippen molar-refractivity contribution in [2.45, 2.75) is 38.0 Å². The first kappa shape index (κ1) is 12.5. The zero-order valence-electron chi connectivity index (χ0n) is 10.8. The minimum absolute atomic E-state index is 0.324. The molecule has 3 unspecified atom stereocenters. The van der Waals surface area contributed by atoms with Crippen LogP contribution in [0.25, 0.3) is 0 Å². The lowest BCUT2D eigenvalue weighted by Crippen LogP contribution is -2.49. The minimum Gasteiger partial charge on any atom is -0.374 e. The summed E-state index contributed by atoms with van der Waals surface area (Å²) in [5.74, 6) is 0. The Morgan fingerprint density at radius 3 is 3.44 bits per heavy atom. The number of ether oxygens (including phenoxy) is 1. The number of thiazole rings is 1. The molecule has 4 nitrogen and oxygen atoms in total. The Labute approximate surface area is 112 Å². The van der Waals surface area contributed by atoms with Crippen molar-refractivity contribution in [3.8, 4) is 0 Å². The molecule has 2 fully saturated rings. The van der Waals surface area contributed by atoms with Crippen LogP contribution in [-0.4, -0.2) is 48.3 Å². The summed E-state index contributed by atoms with van der Waals surface area (Å²) < 4.78 is 5.94. The van der Waals surface area contributed by atoms with Crippen LogP contribution in [0.5, 0.6) is 0 Å². The molecule has 1 aromatic rings. The van der Waals surface area contributed by atoms with E-state index in [1.54, 1.807) is 11.3 Å². The zero-order chi connectivity index (χ0) is 12.4. The molecule has 0 saturated carbocycles. The average Bonchev–Trinajstić information content (AvgIpc) is 3.05. The van der Waals surface area contributed by atoms with Crippen molar-refractivity contribution in [2.24, 2.45) is 0 Å². The Bertz CT molecular complexity index is 370. The fraction of sp³-hybridized carbons (Fsp3) is 0.769. The normalized spacial score (nSPS) is 30.3. The van der Waals surface area contributed by atoms with E-state index < -0.39 is 0 Å². The Kier molecular flexibility index (Phi) is 3.94. The first-order valence-corrected chi connectivity index (χ1v) is 7.69. The van der Waals surface area contributed by atoms with Crippen LogP contribution in [0, 0.1) is 0 Å². The number of morpholine rings is 1. The van der Waals surface area contributed by atoms with Gasteiger partial charge in [0.25, 0.3) is 0 Å². The van der Waals surface area contributed by atoms with E-state index in [0.717, 1.165) is 24.7 Å². The van der Waals surface area contributed by atoms with Crippen molar-refractivity contribution < 1.29 is 4.74 Å². The van der Waals surface area contributed by atoms with Gasteiger partial charge in [0.1, 0.15) is 5.01 Å². The van der Waals surface area contributed by atoms with Gasteiger partial charge in [0, 0.05) is 30.7 Å². The van der Waals surface area contributed by atoms with E-state index >= 15 is 0 Å². The van der Waals surface area contributed by atoms with Gasteiger partial charge in [-0.1, -0.05) is 0 Å². The number of aromatic nitrogens is 1. The third-order valence-electron chi connectivity index (χ3n) is 3.94. The van der Waals surface area contributed by atoms with E-state index in [2.05, 4.69) is 22.1 Å². The van der Waals surface area contributed by atoms with Gasteiger partial charge in [-0.25, -0.2) is 4.98 Å². The van der Waals surface area contributed by atoms with Crippen LogP contribution in [0.3, 0.4) is 0 Å². The number of nitrogens with zero attached hydrogens (tertiary/aromatic N) is 2. The van der Waals surface area contributed by atoms with Crippen molar-refractivity contribution in [2.75, 3.05) is 26.2 Å². The standard InChI is InChI=1S/C13H21N3OS/c1-10(13-14-4-6-18-13)15-7-12-8-16-5-2-3-11(16)9-17-12/h4,6,10-12,15H,2-3,5,7-9H2,1H3. The monoisotopic (exact) mass is 267 g/mol. The van der Waals surface area contributed by atoms with Crippen LogP contribution >= 0.6 is 11.3 Å². The van der Waals surface area contributed by atoms with Crippen LogP contribution in [-0.2, 0) is 4.74 Å². The van der Waals surface area contributed by atoms with Crippen molar-refractivity contribution in [1.82, 2.24) is 15.2 Å². The van der Waals surface area contributed by atoms with Gasteiger partial charge in [0.15, 0.2) is 0 Å². The number of fused-ring (bicyclic) bond motifs is 1. The number of rotatable bonds is 4. The number of nitrogens with one attached hydrogen (secondary N) is 1. The molecule has 3 rings (SSSR count). The maximum atomic E-state index is 5.94. The molecule has 100 valence electrons. The summed E-state index contributed by atoms with van der Waals surface area (Å²) in [5, 5.41) is 6.72. The lowest BCUT2D eigenvalue weighted by molar-refractivity contribution is -0.0477. The van der Waals surface area contributed by atoms with E-state index in [0.29, 0.717) is 18.2 Å². The summed E-state index contributed by atoms with van der Waals surface area (Å²) in [6.45, 7) is 6.34. The smallest absolute Gasteiger partial charge is 0.109 e. The van der Waals surface area contributed by atoms with Crippen LogP contribution in [0.1, 0.15) is 30.8 Å². The largest absolute Gasteiger partial charge is 0.374 e. The molecule has 5 heteroatoms. The molecule has 0 aliphatic carbocycles. The van der Waals surface area contributed by atoms with Crippen molar-refractivity contribution in [3.63, 3.8) is 0 Å². The molecule has 0 bridgehead atoms. The third-order valence-corrected chi connectivity index (χ3v) is 4.89. The highest BCUT2D eigenvalue weighted by Gasteiger charge is 2.32. The zero-order valence-corrected chi connectivity index (χ0v) is 11.7. The minimum atomic E-state index is 0.324. The molecule has 0 amide bonds. The van der Waals surface area contributed by atoms with Crippen molar-refractivity contribution in [3.05, 3.63) is 16.6 Å². The van der Waals surface area contributed by atoms with Gasteiger partial charge in [-0.15, -0.1) is 11.3 Å². The molecule has 2 aliphatic heterocycles. The second-order valence-electron chi connectivity index (χ2n) is 5.25. The lowest BCUT2D eigenvalue weighted by atomic mass is 10.2. The quantitative estimate of drug-likeness (QED) is 0.900. The molecule has 3 atom stereocenters. The van der Waals surface area contributed by atoms with Crippen LogP contribution in [0.4, 0.5) is 0 Å². The van der Waals surface area contributed by atoms with E-state index in [1.807, 2.05) is 11.6 Å². The summed E-state index contributed by atoms with van der Waals surface area (Å²) in [4.78, 5) is 6.93. The first-order chi connectivity index (χ1) is 8.83. The van der Waals surface area contributed by atoms with Gasteiger partial charge in [-0.3, -0.25) is 4.90 Å². The first-order valence-electron chi connectivity index (χ1n) is 6.81. The second-order valence-corrected chi connectivity index (χ2v) is 6.17. The fourth-order valence-electron chi connectivity index (χ4n) is 2.85. The average molecular weight is 267 g/mol. The molecular formula is C13H21N3OS. The Hall–Kier alpha value is -0.490. The van der Waals surface area contributed by atoms with Crippen LogP contribution in [0.2, 0.25) is 0 Å². The summed E-state index contributed by atoms with van der Waals surface area (Å²) in [6.07, 6.45) is 4.85. The molecule has 2 saturated heterocycles. The molecule has 3 heterocycles. The maximum Gasteiger partial charge on any atom is 0.109 e. The van der Waals surface area contributed by atoms with E-state index in [9.17, 15) is 0 Å². The highest BCUT2D eigenvalue weighted by molar-refractivity contribution is 7.09. The van der Waals surface area contributed by atoms with Gasteiger partial charge in [-0.05, 0) is 26.3 Å². The Morgan fingerprint density at radius 2 is 2.61 bits per heavy atom. The van der Waals surface area contributed by atoms with Gasteiger partial charge in [0.05, 0.1) is 18.8 Å². The van der Waals surface area contributed by atoms with Gasteiger partial charge >= 0.3 is 0 Å². The molecule has 1 N–H and O–H groups in total. The van der Waals surface area contributed by atoms with E-state index in [-0.39, 0.29) is 0 Å². The predicted molar refractivity (Wildman–Crippen MR) is 72.9 cm³/mol. The third kappa shape index (κ3) is 2.74. The highest BCUT2D eigenvalue weighted by atomic mass is 32.1. The molecular weight excluding hydrogens is 246 g/mol. The topological polar surface area (TPSA) is 37.4 Å². The van der Waals surface area contributed by atoms with Crippen molar-refractivity contribution in [1.29, 1.82) is 0 Å².